The molecule has 57 heavy (non-hydrogen) atoms. The summed E-state index contributed by atoms with van der Waals surface area (Å²) in [5.41, 5.74) is 0. The van der Waals surface area contributed by atoms with E-state index in [0.717, 1.165) is 64.2 Å². The summed E-state index contributed by atoms with van der Waals surface area (Å²) >= 11 is 0. The zero-order valence-corrected chi connectivity index (χ0v) is 36.6. The maximum absolute atomic E-state index is 12.7. The molecule has 0 fully saturated rings. The first kappa shape index (κ1) is 53.3. The van der Waals surface area contributed by atoms with E-state index < -0.39 is 12.1 Å². The Balaban J connectivity index is 4.56. The molecule has 0 spiro atoms. The Kier molecular flexibility index (Phi) is 42.1. The second-order valence-electron chi connectivity index (χ2n) is 14.6. The summed E-state index contributed by atoms with van der Waals surface area (Å²) in [6, 6.07) is 0. The number of allylic oxidation sites excluding steroid dienone is 16. The fraction of sp³-hybridized carbons (Fsp3) is 0.627. The van der Waals surface area contributed by atoms with Gasteiger partial charge < -0.3 is 14.2 Å². The Morgan fingerprint density at radius 3 is 1.25 bits per heavy atom. The van der Waals surface area contributed by atoms with Crippen LogP contribution >= 0.6 is 0 Å². The predicted molar refractivity (Wildman–Crippen MR) is 242 cm³/mol. The van der Waals surface area contributed by atoms with Crippen molar-refractivity contribution in [3.05, 3.63) is 97.2 Å². The average molecular weight is 791 g/mol. The standard InChI is InChI=1S/C51H82O6/c1-4-7-10-13-16-19-21-23-24-25-26-28-29-32-35-38-41-44-50(53)56-47-48(46-55-49(52)43-40-37-34-31-18-15-12-9-6-3)57-51(54)45-42-39-36-33-30-27-22-20-17-14-11-8-5-2/h9,12,16,18-19,23-24,26-28,30-32,35-36,39,48H,4-8,10-11,13-15,17,20-22,25,29,33-34,37-38,40-47H2,1-3H3/b12-9-,19-16-,24-23-,28-26-,30-27-,31-18-,35-32-,39-36-. The highest BCUT2D eigenvalue weighted by atomic mass is 16.6. The first-order valence-corrected chi connectivity index (χ1v) is 22.7. The van der Waals surface area contributed by atoms with Crippen LogP contribution in [-0.4, -0.2) is 37.2 Å². The minimum absolute atomic E-state index is 0.136. The van der Waals surface area contributed by atoms with E-state index >= 15 is 0 Å². The van der Waals surface area contributed by atoms with Crippen LogP contribution in [0.2, 0.25) is 0 Å². The lowest BCUT2D eigenvalue weighted by Gasteiger charge is -2.18. The first-order valence-electron chi connectivity index (χ1n) is 22.7. The van der Waals surface area contributed by atoms with Crippen molar-refractivity contribution < 1.29 is 28.6 Å². The summed E-state index contributed by atoms with van der Waals surface area (Å²) in [6.07, 6.45) is 58.5. The van der Waals surface area contributed by atoms with Gasteiger partial charge in [0.25, 0.3) is 0 Å². The molecule has 0 aromatic carbocycles. The van der Waals surface area contributed by atoms with Crippen LogP contribution in [-0.2, 0) is 28.6 Å². The maximum atomic E-state index is 12.7. The number of esters is 3. The highest BCUT2D eigenvalue weighted by Crippen LogP contribution is 2.10. The Hall–Kier alpha value is -3.67. The van der Waals surface area contributed by atoms with E-state index in [-0.39, 0.29) is 38.0 Å². The van der Waals surface area contributed by atoms with Gasteiger partial charge in [-0.3, -0.25) is 14.4 Å². The van der Waals surface area contributed by atoms with Gasteiger partial charge in [-0.1, -0.05) is 163 Å². The summed E-state index contributed by atoms with van der Waals surface area (Å²) in [6.45, 7) is 6.31. The number of ether oxygens (including phenoxy) is 3. The quantitative estimate of drug-likeness (QED) is 0.0267. The van der Waals surface area contributed by atoms with E-state index in [2.05, 4.69) is 112 Å². The van der Waals surface area contributed by atoms with Crippen LogP contribution in [0.1, 0.15) is 188 Å². The lowest BCUT2D eigenvalue weighted by Crippen LogP contribution is -2.30. The number of rotatable bonds is 39. The highest BCUT2D eigenvalue weighted by Gasteiger charge is 2.19. The van der Waals surface area contributed by atoms with E-state index in [1.54, 1.807) is 0 Å². The first-order chi connectivity index (χ1) is 28.0. The van der Waals surface area contributed by atoms with Crippen LogP contribution in [0.3, 0.4) is 0 Å². The van der Waals surface area contributed by atoms with Gasteiger partial charge in [-0.05, 0) is 103 Å². The Labute approximate surface area is 349 Å². The SMILES string of the molecule is CC/C=C\C/C=C\CCCCC(=O)OCC(COC(=O)CCC/C=C\C/C=C\C/C=C\C/C=C\CCCCC)OC(=O)CC/C=C\C/C=C\CCCCCCCC. The molecule has 6 heteroatoms. The second-order valence-corrected chi connectivity index (χ2v) is 14.6. The molecule has 0 aliphatic rings. The molecule has 1 unspecified atom stereocenters. The van der Waals surface area contributed by atoms with Crippen molar-refractivity contribution in [3.63, 3.8) is 0 Å². The van der Waals surface area contributed by atoms with Gasteiger partial charge in [0.2, 0.25) is 0 Å². The van der Waals surface area contributed by atoms with Crippen LogP contribution in [0.15, 0.2) is 97.2 Å². The van der Waals surface area contributed by atoms with Crippen molar-refractivity contribution >= 4 is 17.9 Å². The highest BCUT2D eigenvalue weighted by molar-refractivity contribution is 5.71. The summed E-state index contributed by atoms with van der Waals surface area (Å²) in [4.78, 5) is 37.6. The van der Waals surface area contributed by atoms with Gasteiger partial charge in [-0.2, -0.15) is 0 Å². The van der Waals surface area contributed by atoms with Crippen molar-refractivity contribution in [3.8, 4) is 0 Å². The smallest absolute Gasteiger partial charge is 0.306 e. The summed E-state index contributed by atoms with van der Waals surface area (Å²) in [5, 5.41) is 0. The molecule has 0 bridgehead atoms. The fourth-order valence-electron chi connectivity index (χ4n) is 5.64. The van der Waals surface area contributed by atoms with E-state index in [9.17, 15) is 14.4 Å². The Morgan fingerprint density at radius 2 is 0.737 bits per heavy atom. The van der Waals surface area contributed by atoms with E-state index in [1.165, 1.54) is 64.2 Å². The molecule has 0 rings (SSSR count). The predicted octanol–water partition coefficient (Wildman–Crippen LogP) is 14.6. The topological polar surface area (TPSA) is 78.9 Å². The van der Waals surface area contributed by atoms with Gasteiger partial charge in [-0.25, -0.2) is 0 Å². The summed E-state index contributed by atoms with van der Waals surface area (Å²) < 4.78 is 16.5. The molecule has 322 valence electrons. The Bertz CT molecular complexity index is 1180. The van der Waals surface area contributed by atoms with E-state index in [4.69, 9.17) is 14.2 Å². The molecular formula is C51H82O6. The maximum Gasteiger partial charge on any atom is 0.306 e. The normalized spacial score (nSPS) is 13.0. The minimum Gasteiger partial charge on any atom is -0.462 e. The van der Waals surface area contributed by atoms with E-state index in [1.807, 2.05) is 6.08 Å². The van der Waals surface area contributed by atoms with Crippen LogP contribution in [0.4, 0.5) is 0 Å². The second kappa shape index (κ2) is 45.0. The van der Waals surface area contributed by atoms with Gasteiger partial charge >= 0.3 is 17.9 Å². The molecule has 0 N–H and O–H groups in total. The fourth-order valence-corrected chi connectivity index (χ4v) is 5.64. The summed E-state index contributed by atoms with van der Waals surface area (Å²) in [7, 11) is 0. The van der Waals surface area contributed by atoms with Gasteiger partial charge in [0, 0.05) is 19.3 Å². The molecule has 0 aromatic heterocycles. The van der Waals surface area contributed by atoms with Crippen molar-refractivity contribution in [2.24, 2.45) is 0 Å². The molecule has 1 atom stereocenters. The molecule has 0 amide bonds. The molecule has 0 radical (unpaired) electrons. The number of hydrogen-bond donors (Lipinski definition) is 0. The third-order valence-corrected chi connectivity index (χ3v) is 9.06. The van der Waals surface area contributed by atoms with Gasteiger partial charge in [0.05, 0.1) is 0 Å². The third kappa shape index (κ3) is 43.3. The van der Waals surface area contributed by atoms with Crippen molar-refractivity contribution in [2.75, 3.05) is 13.2 Å². The number of unbranched alkanes of at least 4 members (excludes halogenated alkanes) is 12. The zero-order chi connectivity index (χ0) is 41.5. The van der Waals surface area contributed by atoms with Crippen molar-refractivity contribution in [2.45, 2.75) is 194 Å². The van der Waals surface area contributed by atoms with Crippen LogP contribution in [0.5, 0.6) is 0 Å². The van der Waals surface area contributed by atoms with Gasteiger partial charge in [-0.15, -0.1) is 0 Å². The van der Waals surface area contributed by atoms with Gasteiger partial charge in [0.15, 0.2) is 6.10 Å². The molecule has 0 saturated carbocycles. The van der Waals surface area contributed by atoms with E-state index in [0.29, 0.717) is 25.7 Å². The minimum atomic E-state index is -0.841. The molecule has 0 aliphatic heterocycles. The number of hydrogen-bond acceptors (Lipinski definition) is 6. The molecule has 0 heterocycles. The van der Waals surface area contributed by atoms with Crippen LogP contribution < -0.4 is 0 Å². The molecule has 0 saturated heterocycles. The van der Waals surface area contributed by atoms with Crippen molar-refractivity contribution in [1.82, 2.24) is 0 Å². The lowest BCUT2D eigenvalue weighted by molar-refractivity contribution is -0.166. The average Bonchev–Trinajstić information content (AvgIpc) is 3.21. The molecular weight excluding hydrogens is 709 g/mol. The third-order valence-electron chi connectivity index (χ3n) is 9.06. The zero-order valence-electron chi connectivity index (χ0n) is 36.6. The Morgan fingerprint density at radius 1 is 0.368 bits per heavy atom. The number of carbonyl (C=O) groups is 3. The lowest BCUT2D eigenvalue weighted by atomic mass is 10.1. The van der Waals surface area contributed by atoms with Gasteiger partial charge in [0.1, 0.15) is 13.2 Å². The summed E-state index contributed by atoms with van der Waals surface area (Å²) in [5.74, 6) is -1.11. The molecule has 6 nitrogen and oxygen atoms in total. The van der Waals surface area contributed by atoms with Crippen LogP contribution in [0, 0.1) is 0 Å². The van der Waals surface area contributed by atoms with Crippen molar-refractivity contribution in [1.29, 1.82) is 0 Å². The monoisotopic (exact) mass is 791 g/mol. The van der Waals surface area contributed by atoms with Crippen LogP contribution in [0.25, 0.3) is 0 Å². The molecule has 0 aromatic rings. The largest absolute Gasteiger partial charge is 0.462 e. The molecule has 0 aliphatic carbocycles. The number of carbonyl (C=O) groups excluding carboxylic acids is 3.